The first kappa shape index (κ1) is 11.9. The molecule has 16 heavy (non-hydrogen) atoms. The fourth-order valence-electron chi connectivity index (χ4n) is 3.01. The van der Waals surface area contributed by atoms with Crippen LogP contribution in [-0.2, 0) is 9.53 Å². The largest absolute Gasteiger partial charge is 0.385 e. The molecule has 2 fully saturated rings. The molecule has 1 saturated carbocycles. The van der Waals surface area contributed by atoms with Crippen molar-refractivity contribution in [2.24, 2.45) is 11.8 Å². The minimum Gasteiger partial charge on any atom is -0.385 e. The Morgan fingerprint density at radius 3 is 3.19 bits per heavy atom. The van der Waals surface area contributed by atoms with Crippen molar-refractivity contribution in [1.82, 2.24) is 10.6 Å². The van der Waals surface area contributed by atoms with Gasteiger partial charge in [-0.15, -0.1) is 0 Å². The molecule has 1 aliphatic carbocycles. The monoisotopic (exact) mass is 226 g/mol. The summed E-state index contributed by atoms with van der Waals surface area (Å²) in [6.45, 7) is 2.47. The van der Waals surface area contributed by atoms with Crippen LogP contribution in [0.1, 0.15) is 25.7 Å². The molecule has 1 saturated heterocycles. The lowest BCUT2D eigenvalue weighted by atomic mass is 9.93. The summed E-state index contributed by atoms with van der Waals surface area (Å²) in [4.78, 5) is 11.9. The zero-order chi connectivity index (χ0) is 11.4. The third-order valence-electron chi connectivity index (χ3n) is 3.85. The van der Waals surface area contributed by atoms with Crippen molar-refractivity contribution in [3.63, 3.8) is 0 Å². The van der Waals surface area contributed by atoms with Gasteiger partial charge >= 0.3 is 0 Å². The van der Waals surface area contributed by atoms with Crippen molar-refractivity contribution < 1.29 is 9.53 Å². The fraction of sp³-hybridized carbons (Fsp3) is 0.917. The van der Waals surface area contributed by atoms with Crippen LogP contribution in [0.25, 0.3) is 0 Å². The first-order valence-electron chi connectivity index (χ1n) is 6.33. The Morgan fingerprint density at radius 2 is 2.38 bits per heavy atom. The van der Waals surface area contributed by atoms with Gasteiger partial charge in [0.2, 0.25) is 5.91 Å². The topological polar surface area (TPSA) is 50.4 Å². The van der Waals surface area contributed by atoms with E-state index in [1.165, 1.54) is 19.3 Å². The summed E-state index contributed by atoms with van der Waals surface area (Å²) < 4.78 is 4.95. The predicted molar refractivity (Wildman–Crippen MR) is 62.1 cm³/mol. The molecule has 1 amide bonds. The fourth-order valence-corrected chi connectivity index (χ4v) is 3.01. The number of hydrogen-bond acceptors (Lipinski definition) is 3. The van der Waals surface area contributed by atoms with Crippen molar-refractivity contribution in [1.29, 1.82) is 0 Å². The zero-order valence-electron chi connectivity index (χ0n) is 10.00. The van der Waals surface area contributed by atoms with Crippen molar-refractivity contribution >= 4 is 5.91 Å². The first-order chi connectivity index (χ1) is 7.83. The van der Waals surface area contributed by atoms with E-state index in [-0.39, 0.29) is 11.9 Å². The van der Waals surface area contributed by atoms with Crippen LogP contribution in [0.15, 0.2) is 0 Å². The quantitative estimate of drug-likeness (QED) is 0.672. The van der Waals surface area contributed by atoms with Gasteiger partial charge in [-0.2, -0.15) is 0 Å². The highest BCUT2D eigenvalue weighted by atomic mass is 16.5. The highest BCUT2D eigenvalue weighted by Crippen LogP contribution is 2.37. The Morgan fingerprint density at radius 1 is 1.50 bits per heavy atom. The maximum Gasteiger partial charge on any atom is 0.237 e. The molecule has 0 aromatic heterocycles. The number of methoxy groups -OCH3 is 1. The number of ether oxygens (including phenoxy) is 1. The number of rotatable bonds is 5. The van der Waals surface area contributed by atoms with Crippen molar-refractivity contribution in [3.8, 4) is 0 Å². The normalized spacial score (nSPS) is 32.7. The molecule has 0 bridgehead atoms. The lowest BCUT2D eigenvalue weighted by Crippen LogP contribution is -2.44. The lowest BCUT2D eigenvalue weighted by molar-refractivity contribution is -0.123. The minimum atomic E-state index is 0.0649. The molecular weight excluding hydrogens is 204 g/mol. The lowest BCUT2D eigenvalue weighted by Gasteiger charge is -2.17. The van der Waals surface area contributed by atoms with E-state index in [4.69, 9.17) is 4.74 Å². The van der Waals surface area contributed by atoms with Crippen LogP contribution in [0.3, 0.4) is 0 Å². The SMILES string of the molecule is COCCCNC(=O)C1NCC2CCCC21. The summed E-state index contributed by atoms with van der Waals surface area (Å²) in [6.07, 6.45) is 4.70. The highest BCUT2D eigenvalue weighted by Gasteiger charge is 2.42. The Kier molecular flexibility index (Phi) is 4.18. The van der Waals surface area contributed by atoms with E-state index >= 15 is 0 Å². The zero-order valence-corrected chi connectivity index (χ0v) is 10.00. The second-order valence-electron chi connectivity index (χ2n) is 4.88. The van der Waals surface area contributed by atoms with E-state index < -0.39 is 0 Å². The molecule has 92 valence electrons. The number of fused-ring (bicyclic) bond motifs is 1. The smallest absolute Gasteiger partial charge is 0.237 e. The van der Waals surface area contributed by atoms with E-state index in [0.29, 0.717) is 12.5 Å². The molecular formula is C12H22N2O2. The van der Waals surface area contributed by atoms with Gasteiger partial charge < -0.3 is 15.4 Å². The summed E-state index contributed by atoms with van der Waals surface area (Å²) >= 11 is 0. The number of hydrogen-bond donors (Lipinski definition) is 2. The maximum atomic E-state index is 11.9. The van der Waals surface area contributed by atoms with Crippen LogP contribution in [0.2, 0.25) is 0 Å². The van der Waals surface area contributed by atoms with Gasteiger partial charge in [-0.05, 0) is 37.6 Å². The van der Waals surface area contributed by atoms with Crippen molar-refractivity contribution in [2.75, 3.05) is 26.8 Å². The predicted octanol–water partition coefficient (Wildman–Crippen LogP) is 0.527. The molecule has 0 spiro atoms. The number of nitrogens with one attached hydrogen (secondary N) is 2. The van der Waals surface area contributed by atoms with Crippen molar-refractivity contribution in [3.05, 3.63) is 0 Å². The van der Waals surface area contributed by atoms with Gasteiger partial charge in [0.1, 0.15) is 0 Å². The molecule has 3 atom stereocenters. The van der Waals surface area contributed by atoms with Gasteiger partial charge in [0.05, 0.1) is 6.04 Å². The summed E-state index contributed by atoms with van der Waals surface area (Å²) in [5.74, 6) is 1.52. The van der Waals surface area contributed by atoms with Gasteiger partial charge in [0.15, 0.2) is 0 Å². The van der Waals surface area contributed by atoms with Gasteiger partial charge in [-0.25, -0.2) is 0 Å². The van der Waals surface area contributed by atoms with Gasteiger partial charge in [0, 0.05) is 20.3 Å². The summed E-state index contributed by atoms with van der Waals surface area (Å²) in [6, 6.07) is 0.0649. The Bertz CT molecular complexity index is 245. The number of amides is 1. The number of carbonyl (C=O) groups excluding carboxylic acids is 1. The summed E-state index contributed by atoms with van der Waals surface area (Å²) in [5.41, 5.74) is 0. The minimum absolute atomic E-state index is 0.0649. The third kappa shape index (κ3) is 2.55. The van der Waals surface area contributed by atoms with E-state index in [9.17, 15) is 4.79 Å². The summed E-state index contributed by atoms with van der Waals surface area (Å²) in [7, 11) is 1.68. The van der Waals surface area contributed by atoms with Crippen molar-refractivity contribution in [2.45, 2.75) is 31.7 Å². The second kappa shape index (κ2) is 5.64. The molecule has 3 unspecified atom stereocenters. The Labute approximate surface area is 97.1 Å². The summed E-state index contributed by atoms with van der Waals surface area (Å²) in [5, 5.41) is 6.35. The van der Waals surface area contributed by atoms with Crippen LogP contribution in [0.5, 0.6) is 0 Å². The molecule has 0 aromatic rings. The molecule has 1 aliphatic heterocycles. The molecule has 2 aliphatic rings. The van der Waals surface area contributed by atoms with Gasteiger partial charge in [0.25, 0.3) is 0 Å². The highest BCUT2D eigenvalue weighted by molar-refractivity contribution is 5.82. The molecule has 0 aromatic carbocycles. The average molecular weight is 226 g/mol. The van der Waals surface area contributed by atoms with Crippen LogP contribution >= 0.6 is 0 Å². The van der Waals surface area contributed by atoms with E-state index in [2.05, 4.69) is 10.6 Å². The van der Waals surface area contributed by atoms with E-state index in [1.807, 2.05) is 0 Å². The Hall–Kier alpha value is -0.610. The molecule has 4 heteroatoms. The van der Waals surface area contributed by atoms with E-state index in [0.717, 1.165) is 25.4 Å². The molecule has 1 heterocycles. The first-order valence-corrected chi connectivity index (χ1v) is 6.33. The van der Waals surface area contributed by atoms with E-state index in [1.54, 1.807) is 7.11 Å². The van der Waals surface area contributed by atoms with Crippen LogP contribution in [0, 0.1) is 11.8 Å². The van der Waals surface area contributed by atoms with Gasteiger partial charge in [-0.3, -0.25) is 4.79 Å². The standard InChI is InChI=1S/C12H22N2O2/c1-16-7-3-6-13-12(15)11-10-5-2-4-9(10)8-14-11/h9-11,14H,2-8H2,1H3,(H,13,15). The molecule has 2 rings (SSSR count). The molecule has 2 N–H and O–H groups in total. The van der Waals surface area contributed by atoms with Crippen LogP contribution < -0.4 is 10.6 Å². The molecule has 4 nitrogen and oxygen atoms in total. The van der Waals surface area contributed by atoms with Crippen LogP contribution in [0.4, 0.5) is 0 Å². The average Bonchev–Trinajstić information content (AvgIpc) is 2.85. The second-order valence-corrected chi connectivity index (χ2v) is 4.88. The number of carbonyl (C=O) groups is 1. The third-order valence-corrected chi connectivity index (χ3v) is 3.85. The van der Waals surface area contributed by atoms with Gasteiger partial charge in [-0.1, -0.05) is 6.42 Å². The Balaban J connectivity index is 1.72. The molecule has 0 radical (unpaired) electrons. The maximum absolute atomic E-state index is 11.9. The van der Waals surface area contributed by atoms with Crippen LogP contribution in [-0.4, -0.2) is 38.8 Å².